The number of carbonyl (C=O) groups is 2. The Morgan fingerprint density at radius 1 is 0.929 bits per heavy atom. The predicted octanol–water partition coefficient (Wildman–Crippen LogP) is 5.58. The Morgan fingerprint density at radius 2 is 1.60 bits per heavy atom. The van der Waals surface area contributed by atoms with E-state index in [1.54, 1.807) is 24.3 Å². The first kappa shape index (κ1) is 33.0. The fourth-order valence-corrected chi connectivity index (χ4v) is 5.49. The van der Waals surface area contributed by atoms with Crippen LogP contribution in [-0.2, 0) is 32.6 Å². The summed E-state index contributed by atoms with van der Waals surface area (Å²) in [5.74, 6) is -2.73. The lowest BCUT2D eigenvalue weighted by Gasteiger charge is -2.32. The van der Waals surface area contributed by atoms with Gasteiger partial charge in [0, 0.05) is 43.6 Å². The summed E-state index contributed by atoms with van der Waals surface area (Å²) in [4.78, 5) is 28.8. The zero-order valence-electron chi connectivity index (χ0n) is 23.9. The van der Waals surface area contributed by atoms with Gasteiger partial charge < -0.3 is 10.2 Å². The number of amides is 2. The van der Waals surface area contributed by atoms with Crippen molar-refractivity contribution in [1.29, 1.82) is 0 Å². The van der Waals surface area contributed by atoms with Gasteiger partial charge in [-0.1, -0.05) is 67.9 Å². The number of rotatable bonds is 14. The van der Waals surface area contributed by atoms with Crippen LogP contribution in [0.15, 0.2) is 72.8 Å². The Kier molecular flexibility index (Phi) is 11.9. The Hall–Kier alpha value is -3.50. The van der Waals surface area contributed by atoms with Crippen molar-refractivity contribution >= 4 is 39.1 Å². The average Bonchev–Trinajstić information content (AvgIpc) is 2.94. The van der Waals surface area contributed by atoms with E-state index >= 15 is 0 Å². The van der Waals surface area contributed by atoms with Gasteiger partial charge in [0.1, 0.15) is 6.04 Å². The van der Waals surface area contributed by atoms with E-state index in [0.717, 1.165) is 33.8 Å². The minimum atomic E-state index is -3.86. The maximum absolute atomic E-state index is 13.9. The Balaban J connectivity index is 1.88. The van der Waals surface area contributed by atoms with Gasteiger partial charge >= 0.3 is 0 Å². The van der Waals surface area contributed by atoms with Crippen LogP contribution in [0.3, 0.4) is 0 Å². The van der Waals surface area contributed by atoms with Crippen LogP contribution in [0.4, 0.5) is 14.5 Å². The van der Waals surface area contributed by atoms with Gasteiger partial charge in [-0.05, 0) is 47.7 Å². The van der Waals surface area contributed by atoms with E-state index in [1.165, 1.54) is 11.0 Å². The zero-order chi connectivity index (χ0) is 30.9. The van der Waals surface area contributed by atoms with Crippen LogP contribution in [0.25, 0.3) is 0 Å². The molecule has 0 heterocycles. The first-order valence-electron chi connectivity index (χ1n) is 13.6. The number of nitrogens with zero attached hydrogens (tertiary/aromatic N) is 2. The molecular formula is C31H36ClF2N3O4S. The van der Waals surface area contributed by atoms with Crippen molar-refractivity contribution in [3.63, 3.8) is 0 Å². The summed E-state index contributed by atoms with van der Waals surface area (Å²) >= 11 is 6.06. The second-order valence-corrected chi connectivity index (χ2v) is 12.9. The molecular weight excluding hydrogens is 584 g/mol. The fraction of sp³-hybridized carbons (Fsp3) is 0.355. The summed E-state index contributed by atoms with van der Waals surface area (Å²) in [6.07, 6.45) is 1.21. The van der Waals surface area contributed by atoms with E-state index in [9.17, 15) is 26.8 Å². The van der Waals surface area contributed by atoms with Gasteiger partial charge in [-0.25, -0.2) is 17.2 Å². The molecule has 0 aromatic heterocycles. The first-order valence-corrected chi connectivity index (χ1v) is 15.9. The Labute approximate surface area is 251 Å². The van der Waals surface area contributed by atoms with Crippen LogP contribution < -0.4 is 9.62 Å². The molecule has 226 valence electrons. The number of benzene rings is 3. The lowest BCUT2D eigenvalue weighted by Crippen LogP contribution is -2.51. The highest BCUT2D eigenvalue weighted by atomic mass is 35.5. The van der Waals surface area contributed by atoms with Crippen molar-refractivity contribution in [3.05, 3.63) is 101 Å². The topological polar surface area (TPSA) is 86.8 Å². The van der Waals surface area contributed by atoms with E-state index in [2.05, 4.69) is 5.32 Å². The van der Waals surface area contributed by atoms with E-state index in [0.29, 0.717) is 11.6 Å². The minimum Gasteiger partial charge on any atom is -0.354 e. The quantitative estimate of drug-likeness (QED) is 0.255. The number of anilines is 1. The van der Waals surface area contributed by atoms with E-state index in [1.807, 2.05) is 44.2 Å². The zero-order valence-corrected chi connectivity index (χ0v) is 25.5. The molecule has 11 heteroatoms. The van der Waals surface area contributed by atoms with Crippen molar-refractivity contribution in [1.82, 2.24) is 10.2 Å². The third-order valence-corrected chi connectivity index (χ3v) is 8.01. The minimum absolute atomic E-state index is 0.0445. The summed E-state index contributed by atoms with van der Waals surface area (Å²) in [7, 11) is -3.86. The molecule has 0 saturated carbocycles. The van der Waals surface area contributed by atoms with Gasteiger partial charge in [0.15, 0.2) is 11.6 Å². The largest absolute Gasteiger partial charge is 0.354 e. The molecule has 0 unspecified atom stereocenters. The molecule has 0 bridgehead atoms. The molecule has 0 fully saturated rings. The number of hydrogen-bond donors (Lipinski definition) is 1. The summed E-state index contributed by atoms with van der Waals surface area (Å²) in [5.41, 5.74) is 1.59. The maximum atomic E-state index is 13.9. The molecule has 2 amide bonds. The molecule has 0 radical (unpaired) electrons. The molecule has 0 spiro atoms. The highest BCUT2D eigenvalue weighted by molar-refractivity contribution is 7.92. The third-order valence-electron chi connectivity index (χ3n) is 6.57. The highest BCUT2D eigenvalue weighted by Crippen LogP contribution is 2.22. The lowest BCUT2D eigenvalue weighted by molar-refractivity contribution is -0.141. The van der Waals surface area contributed by atoms with E-state index < -0.39 is 27.7 Å². The number of nitrogens with one attached hydrogen (secondary N) is 1. The van der Waals surface area contributed by atoms with Crippen LogP contribution in [0.5, 0.6) is 0 Å². The molecule has 0 aliphatic rings. The molecule has 0 aliphatic carbocycles. The third kappa shape index (κ3) is 9.80. The molecule has 7 nitrogen and oxygen atoms in total. The predicted molar refractivity (Wildman–Crippen MR) is 162 cm³/mol. The summed E-state index contributed by atoms with van der Waals surface area (Å²) in [5, 5.41) is 3.48. The van der Waals surface area contributed by atoms with Crippen molar-refractivity contribution in [2.75, 3.05) is 23.7 Å². The van der Waals surface area contributed by atoms with Gasteiger partial charge in [-0.3, -0.25) is 13.9 Å². The molecule has 3 aromatic carbocycles. The number of carbonyl (C=O) groups excluding carboxylic acids is 2. The number of halogens is 3. The van der Waals surface area contributed by atoms with Crippen molar-refractivity contribution < 1.29 is 26.8 Å². The van der Waals surface area contributed by atoms with Crippen LogP contribution in [0.1, 0.15) is 37.8 Å². The normalized spacial score (nSPS) is 12.2. The highest BCUT2D eigenvalue weighted by Gasteiger charge is 2.30. The monoisotopic (exact) mass is 619 g/mol. The number of hydrogen-bond acceptors (Lipinski definition) is 4. The molecule has 0 aliphatic heterocycles. The molecule has 1 atom stereocenters. The first-order chi connectivity index (χ1) is 19.8. The van der Waals surface area contributed by atoms with E-state index in [4.69, 9.17) is 11.6 Å². The average molecular weight is 620 g/mol. The fourth-order valence-electron chi connectivity index (χ4n) is 4.41. The molecule has 0 saturated heterocycles. The second-order valence-electron chi connectivity index (χ2n) is 10.5. The lowest BCUT2D eigenvalue weighted by atomic mass is 10.0. The molecule has 42 heavy (non-hydrogen) atoms. The second kappa shape index (κ2) is 15.1. The number of sulfonamides is 1. The van der Waals surface area contributed by atoms with Crippen LogP contribution >= 0.6 is 11.6 Å². The van der Waals surface area contributed by atoms with Gasteiger partial charge in [-0.2, -0.15) is 0 Å². The Morgan fingerprint density at radius 3 is 2.19 bits per heavy atom. The van der Waals surface area contributed by atoms with Gasteiger partial charge in [0.2, 0.25) is 21.8 Å². The molecule has 3 rings (SSSR count). The molecule has 3 aromatic rings. The van der Waals surface area contributed by atoms with Crippen molar-refractivity contribution in [2.45, 2.75) is 45.7 Å². The van der Waals surface area contributed by atoms with Crippen LogP contribution in [0, 0.1) is 17.6 Å². The standard InChI is InChI=1S/C31H36ClF2N3O4S/c1-22(2)20-35-31(39)29(18-23-8-5-4-6-9-23)36(21-24-11-13-25(32)14-12-24)30(38)10-7-17-37(42(3,40)41)26-15-16-27(33)28(34)19-26/h4-6,8-9,11-16,19,22,29H,7,10,17-18,20-21H2,1-3H3,(H,35,39)/t29-/m1/s1. The van der Waals surface area contributed by atoms with Gasteiger partial charge in [-0.15, -0.1) is 0 Å². The van der Waals surface area contributed by atoms with Crippen LogP contribution in [0.2, 0.25) is 5.02 Å². The summed E-state index contributed by atoms with van der Waals surface area (Å²) in [6, 6.07) is 18.3. The molecule has 1 N–H and O–H groups in total. The van der Waals surface area contributed by atoms with E-state index in [-0.39, 0.29) is 55.8 Å². The van der Waals surface area contributed by atoms with Crippen LogP contribution in [-0.4, -0.2) is 50.5 Å². The smallest absolute Gasteiger partial charge is 0.243 e. The van der Waals surface area contributed by atoms with Gasteiger partial charge in [0.05, 0.1) is 11.9 Å². The maximum Gasteiger partial charge on any atom is 0.243 e. The summed E-state index contributed by atoms with van der Waals surface area (Å²) in [6.45, 7) is 4.37. The van der Waals surface area contributed by atoms with Crippen molar-refractivity contribution in [3.8, 4) is 0 Å². The Bertz CT molecular complexity index is 1450. The SMILES string of the molecule is CC(C)CNC(=O)[C@@H](Cc1ccccc1)N(Cc1ccc(Cl)cc1)C(=O)CCCN(c1ccc(F)c(F)c1)S(C)(=O)=O. The van der Waals surface area contributed by atoms with Gasteiger partial charge in [0.25, 0.3) is 0 Å². The summed E-state index contributed by atoms with van der Waals surface area (Å²) < 4.78 is 53.2. The van der Waals surface area contributed by atoms with Crippen molar-refractivity contribution in [2.24, 2.45) is 5.92 Å².